The lowest BCUT2D eigenvalue weighted by Gasteiger charge is -2.35. The van der Waals surface area contributed by atoms with Crippen LogP contribution in [-0.4, -0.2) is 81.7 Å². The number of amides is 1. The lowest BCUT2D eigenvalue weighted by molar-refractivity contribution is 0.0995. The van der Waals surface area contributed by atoms with Crippen LogP contribution < -0.4 is 10.6 Å². The van der Waals surface area contributed by atoms with Gasteiger partial charge in [-0.2, -0.15) is 0 Å². The molecule has 0 atom stereocenters. The van der Waals surface area contributed by atoms with Gasteiger partial charge >= 0.3 is 0 Å². The molecule has 2 N–H and O–H groups in total. The van der Waals surface area contributed by atoms with Gasteiger partial charge in [0.1, 0.15) is 11.4 Å². The number of aryl methyl sites for hydroxylation is 1. The van der Waals surface area contributed by atoms with Crippen LogP contribution in [0, 0.1) is 13.0 Å². The Morgan fingerprint density at radius 1 is 1.25 bits per heavy atom. The number of piperazine rings is 1. The van der Waals surface area contributed by atoms with E-state index in [4.69, 9.17) is 10.5 Å². The Hall–Kier alpha value is -3.37. The van der Waals surface area contributed by atoms with Crippen molar-refractivity contribution in [2.75, 3.05) is 50.8 Å². The summed E-state index contributed by atoms with van der Waals surface area (Å²) >= 11 is 0. The number of pyridine rings is 2. The van der Waals surface area contributed by atoms with Gasteiger partial charge in [0.2, 0.25) is 0 Å². The molecule has 4 rings (SSSR count). The van der Waals surface area contributed by atoms with Crippen LogP contribution in [0.4, 0.5) is 5.69 Å². The van der Waals surface area contributed by atoms with Gasteiger partial charge in [0.25, 0.3) is 5.91 Å². The average molecular weight is 436 g/mol. The van der Waals surface area contributed by atoms with Gasteiger partial charge in [0.15, 0.2) is 0 Å². The number of hydrogen-bond acceptors (Lipinski definition) is 8. The molecule has 1 radical (unpaired) electrons. The first-order valence-electron chi connectivity index (χ1n) is 10.7. The molecule has 3 aromatic heterocycles. The third-order valence-corrected chi connectivity index (χ3v) is 5.48. The number of anilines is 1. The van der Waals surface area contributed by atoms with Crippen molar-refractivity contribution in [2.45, 2.75) is 13.8 Å². The van der Waals surface area contributed by atoms with Gasteiger partial charge in [0.05, 0.1) is 36.1 Å². The molecule has 1 aliphatic rings. The molecule has 0 unspecified atom stereocenters. The average Bonchev–Trinajstić information content (AvgIpc) is 3.30. The fourth-order valence-electron chi connectivity index (χ4n) is 3.68. The van der Waals surface area contributed by atoms with Gasteiger partial charge < -0.3 is 15.4 Å². The number of rotatable bonds is 8. The molecule has 167 valence electrons. The summed E-state index contributed by atoms with van der Waals surface area (Å²) in [6.45, 7) is 10.2. The topological polar surface area (TPSA) is 115 Å². The molecule has 4 heterocycles. The van der Waals surface area contributed by atoms with E-state index in [1.807, 2.05) is 19.3 Å². The maximum atomic E-state index is 11.3. The molecule has 0 aromatic carbocycles. The highest BCUT2D eigenvalue weighted by atomic mass is 16.5. The van der Waals surface area contributed by atoms with Crippen LogP contribution in [0.5, 0.6) is 0 Å². The third-order valence-electron chi connectivity index (χ3n) is 5.48. The predicted octanol–water partition coefficient (Wildman–Crippen LogP) is 1.09. The number of nitrogens with two attached hydrogens (primary N) is 1. The summed E-state index contributed by atoms with van der Waals surface area (Å²) in [4.78, 5) is 24.7. The van der Waals surface area contributed by atoms with Crippen molar-refractivity contribution in [3.8, 4) is 16.9 Å². The smallest absolute Gasteiger partial charge is 0.267 e. The third kappa shape index (κ3) is 4.92. The van der Waals surface area contributed by atoms with Crippen LogP contribution in [0.15, 0.2) is 30.7 Å². The van der Waals surface area contributed by atoms with E-state index in [1.54, 1.807) is 23.9 Å². The van der Waals surface area contributed by atoms with Crippen LogP contribution in [-0.2, 0) is 4.74 Å². The van der Waals surface area contributed by atoms with Crippen molar-refractivity contribution in [1.82, 2.24) is 29.9 Å². The van der Waals surface area contributed by atoms with Crippen molar-refractivity contribution in [1.29, 1.82) is 0 Å². The molecule has 10 heteroatoms. The first-order chi connectivity index (χ1) is 15.5. The van der Waals surface area contributed by atoms with Crippen molar-refractivity contribution in [2.24, 2.45) is 5.73 Å². The Morgan fingerprint density at radius 3 is 2.78 bits per heavy atom. The maximum absolute atomic E-state index is 11.3. The number of hydrogen-bond donors (Lipinski definition) is 1. The largest absolute Gasteiger partial charge is 0.380 e. The van der Waals surface area contributed by atoms with E-state index in [-0.39, 0.29) is 5.69 Å². The zero-order valence-electron chi connectivity index (χ0n) is 18.4. The molecule has 3 aromatic rings. The molecular formula is C22H27N8O2. The standard InChI is InChI=1S/C22H27N8O2/c1-3-32-11-10-28-6-8-29(9-7-28)18-12-17(13-24-14-18)20-15-30(27-26-20)21-5-4-19(22(23)31)25-16(21)2/h5,12-15H,3,6-11H2,1-2H3,(H2,23,31). The maximum Gasteiger partial charge on any atom is 0.267 e. The van der Waals surface area contributed by atoms with Gasteiger partial charge in [-0.15, -0.1) is 5.10 Å². The Labute approximate surface area is 187 Å². The van der Waals surface area contributed by atoms with Gasteiger partial charge in [-0.05, 0) is 26.0 Å². The molecule has 1 aliphatic heterocycles. The van der Waals surface area contributed by atoms with Crippen molar-refractivity contribution in [3.63, 3.8) is 0 Å². The number of carbonyl (C=O) groups excluding carboxylic acids is 1. The Balaban J connectivity index is 1.46. The van der Waals surface area contributed by atoms with Gasteiger partial charge in [0, 0.05) is 57.2 Å². The van der Waals surface area contributed by atoms with Gasteiger partial charge in [-0.25, -0.2) is 9.67 Å². The summed E-state index contributed by atoms with van der Waals surface area (Å²) in [6, 6.07) is 6.52. The molecule has 32 heavy (non-hydrogen) atoms. The van der Waals surface area contributed by atoms with E-state index in [9.17, 15) is 4.79 Å². The van der Waals surface area contributed by atoms with E-state index in [0.717, 1.165) is 57.2 Å². The van der Waals surface area contributed by atoms with Crippen LogP contribution >= 0.6 is 0 Å². The second-order valence-electron chi connectivity index (χ2n) is 7.59. The highest BCUT2D eigenvalue weighted by Crippen LogP contribution is 2.24. The predicted molar refractivity (Wildman–Crippen MR) is 120 cm³/mol. The molecule has 0 spiro atoms. The quantitative estimate of drug-likeness (QED) is 0.523. The fraction of sp³-hybridized carbons (Fsp3) is 0.409. The van der Waals surface area contributed by atoms with E-state index in [0.29, 0.717) is 17.1 Å². The van der Waals surface area contributed by atoms with Crippen LogP contribution in [0.1, 0.15) is 23.1 Å². The Bertz CT molecular complexity index is 1080. The summed E-state index contributed by atoms with van der Waals surface area (Å²) in [5, 5.41) is 8.52. The second-order valence-corrected chi connectivity index (χ2v) is 7.59. The Kier molecular flexibility index (Phi) is 6.72. The number of aromatic nitrogens is 5. The van der Waals surface area contributed by atoms with E-state index >= 15 is 0 Å². The molecule has 1 saturated heterocycles. The summed E-state index contributed by atoms with van der Waals surface area (Å²) < 4.78 is 7.08. The summed E-state index contributed by atoms with van der Waals surface area (Å²) in [5.74, 6) is -0.614. The first kappa shape index (κ1) is 21.8. The normalized spacial score (nSPS) is 14.6. The number of primary amides is 1. The molecule has 10 nitrogen and oxygen atoms in total. The first-order valence-corrected chi connectivity index (χ1v) is 10.7. The molecule has 0 aliphatic carbocycles. The molecule has 0 saturated carbocycles. The minimum atomic E-state index is -0.614. The van der Waals surface area contributed by atoms with Crippen molar-refractivity contribution in [3.05, 3.63) is 48.2 Å². The monoisotopic (exact) mass is 435 g/mol. The molecule has 1 fully saturated rings. The van der Waals surface area contributed by atoms with Gasteiger partial charge in [-0.3, -0.25) is 14.7 Å². The summed E-state index contributed by atoms with van der Waals surface area (Å²) in [7, 11) is 0. The lowest BCUT2D eigenvalue weighted by atomic mass is 10.2. The minimum absolute atomic E-state index is 0.0986. The van der Waals surface area contributed by atoms with E-state index in [1.165, 1.54) is 0 Å². The molecule has 0 bridgehead atoms. The number of ether oxygens (including phenoxy) is 1. The summed E-state index contributed by atoms with van der Waals surface area (Å²) in [5.41, 5.74) is 9.32. The Morgan fingerprint density at radius 2 is 2.06 bits per heavy atom. The van der Waals surface area contributed by atoms with Crippen molar-refractivity contribution < 1.29 is 9.53 Å². The van der Waals surface area contributed by atoms with E-state index in [2.05, 4.69) is 42.2 Å². The minimum Gasteiger partial charge on any atom is -0.380 e. The van der Waals surface area contributed by atoms with Crippen LogP contribution in [0.3, 0.4) is 0 Å². The SMILES string of the molecule is CCOCCN1CCN(c2cncc(-c3cn(-c4c[c]c(C(N)=O)nc4C)nn3)c2)CC1. The zero-order chi connectivity index (χ0) is 22.5. The second kappa shape index (κ2) is 9.84. The molecule has 1 amide bonds. The molecular weight excluding hydrogens is 408 g/mol. The van der Waals surface area contributed by atoms with Crippen LogP contribution in [0.2, 0.25) is 0 Å². The number of nitrogens with zero attached hydrogens (tertiary/aromatic N) is 7. The fourth-order valence-corrected chi connectivity index (χ4v) is 3.68. The van der Waals surface area contributed by atoms with Crippen molar-refractivity contribution >= 4 is 11.6 Å². The highest BCUT2D eigenvalue weighted by molar-refractivity contribution is 5.90. The van der Waals surface area contributed by atoms with Crippen LogP contribution in [0.25, 0.3) is 16.9 Å². The number of carbonyl (C=O) groups is 1. The van der Waals surface area contributed by atoms with Gasteiger partial charge in [-0.1, -0.05) is 5.21 Å². The lowest BCUT2D eigenvalue weighted by Crippen LogP contribution is -2.47. The summed E-state index contributed by atoms with van der Waals surface area (Å²) in [6.07, 6.45) is 5.48. The highest BCUT2D eigenvalue weighted by Gasteiger charge is 2.18. The zero-order valence-corrected chi connectivity index (χ0v) is 18.4. The van der Waals surface area contributed by atoms with E-state index < -0.39 is 5.91 Å².